The standard InChI is InChI=1S/C13H24OSi/c1-5-6-7-11-8-9-13(10-12(11)13)14-15(2,3)4/h5,11-12H,1,6-10H2,2-4H3/t11-,12+,13-/m0/s1. The quantitative estimate of drug-likeness (QED) is 0.507. The van der Waals surface area contributed by atoms with E-state index >= 15 is 0 Å². The first kappa shape index (κ1) is 11.4. The van der Waals surface area contributed by atoms with Crippen molar-refractivity contribution in [3.05, 3.63) is 12.7 Å². The van der Waals surface area contributed by atoms with Crippen molar-refractivity contribution in [3.63, 3.8) is 0 Å². The van der Waals surface area contributed by atoms with Crippen LogP contribution in [0.15, 0.2) is 12.7 Å². The van der Waals surface area contributed by atoms with Gasteiger partial charge in [-0.3, -0.25) is 0 Å². The molecule has 86 valence electrons. The van der Waals surface area contributed by atoms with Crippen molar-refractivity contribution >= 4 is 8.32 Å². The summed E-state index contributed by atoms with van der Waals surface area (Å²) in [6, 6.07) is 0. The SMILES string of the molecule is C=CCC[C@H]1CC[C@]2(O[Si](C)(C)C)C[C@H]12. The number of rotatable bonds is 5. The van der Waals surface area contributed by atoms with Crippen molar-refractivity contribution in [3.8, 4) is 0 Å². The predicted octanol–water partition coefficient (Wildman–Crippen LogP) is 3.97. The van der Waals surface area contributed by atoms with Crippen LogP contribution in [0.4, 0.5) is 0 Å². The highest BCUT2D eigenvalue weighted by atomic mass is 28.4. The van der Waals surface area contributed by atoms with Gasteiger partial charge in [0.25, 0.3) is 0 Å². The molecule has 0 heterocycles. The third kappa shape index (κ3) is 2.36. The second-order valence-electron chi connectivity index (χ2n) is 6.25. The Hall–Kier alpha value is -0.0831. The summed E-state index contributed by atoms with van der Waals surface area (Å²) in [7, 11) is -1.33. The Morgan fingerprint density at radius 3 is 2.73 bits per heavy atom. The third-order valence-corrected chi connectivity index (χ3v) is 4.86. The van der Waals surface area contributed by atoms with Gasteiger partial charge in [-0.15, -0.1) is 6.58 Å². The third-order valence-electron chi connectivity index (χ3n) is 3.84. The molecule has 0 aliphatic heterocycles. The molecule has 0 saturated heterocycles. The molecule has 0 aromatic heterocycles. The number of allylic oxidation sites excluding steroid dienone is 1. The molecule has 15 heavy (non-hydrogen) atoms. The smallest absolute Gasteiger partial charge is 0.184 e. The van der Waals surface area contributed by atoms with Gasteiger partial charge in [-0.1, -0.05) is 6.08 Å². The van der Waals surface area contributed by atoms with Crippen LogP contribution in [0.1, 0.15) is 32.1 Å². The van der Waals surface area contributed by atoms with E-state index < -0.39 is 8.32 Å². The Bertz CT molecular complexity index is 256. The topological polar surface area (TPSA) is 9.23 Å². The predicted molar refractivity (Wildman–Crippen MR) is 67.4 cm³/mol. The van der Waals surface area contributed by atoms with Gasteiger partial charge in [0, 0.05) is 0 Å². The van der Waals surface area contributed by atoms with Crippen LogP contribution in [0.5, 0.6) is 0 Å². The molecule has 0 bridgehead atoms. The Morgan fingerprint density at radius 1 is 1.47 bits per heavy atom. The van der Waals surface area contributed by atoms with Crippen LogP contribution >= 0.6 is 0 Å². The lowest BCUT2D eigenvalue weighted by Gasteiger charge is -2.24. The monoisotopic (exact) mass is 224 g/mol. The van der Waals surface area contributed by atoms with E-state index in [0.29, 0.717) is 5.60 Å². The minimum absolute atomic E-state index is 0.344. The lowest BCUT2D eigenvalue weighted by molar-refractivity contribution is 0.161. The molecule has 0 radical (unpaired) electrons. The van der Waals surface area contributed by atoms with Gasteiger partial charge in [0.15, 0.2) is 8.32 Å². The molecule has 2 rings (SSSR count). The van der Waals surface area contributed by atoms with Crippen LogP contribution < -0.4 is 0 Å². The molecule has 0 N–H and O–H groups in total. The van der Waals surface area contributed by atoms with Crippen molar-refractivity contribution in [1.29, 1.82) is 0 Å². The summed E-state index contributed by atoms with van der Waals surface area (Å²) >= 11 is 0. The highest BCUT2D eigenvalue weighted by molar-refractivity contribution is 6.69. The Kier molecular flexibility index (Phi) is 2.84. The van der Waals surface area contributed by atoms with Gasteiger partial charge in [0.1, 0.15) is 0 Å². The summed E-state index contributed by atoms with van der Waals surface area (Å²) in [5, 5.41) is 0. The average molecular weight is 224 g/mol. The first-order chi connectivity index (χ1) is 6.97. The molecule has 2 fully saturated rings. The number of fused-ring (bicyclic) bond motifs is 1. The maximum atomic E-state index is 6.38. The van der Waals surface area contributed by atoms with E-state index in [9.17, 15) is 0 Å². The van der Waals surface area contributed by atoms with Crippen molar-refractivity contribution < 1.29 is 4.43 Å². The van der Waals surface area contributed by atoms with E-state index in [0.717, 1.165) is 11.8 Å². The van der Waals surface area contributed by atoms with Crippen molar-refractivity contribution in [2.45, 2.75) is 57.3 Å². The second kappa shape index (κ2) is 3.74. The summed E-state index contributed by atoms with van der Waals surface area (Å²) in [5.41, 5.74) is 0.344. The highest BCUT2D eigenvalue weighted by Gasteiger charge is 2.63. The lowest BCUT2D eigenvalue weighted by atomic mass is 9.98. The van der Waals surface area contributed by atoms with E-state index in [-0.39, 0.29) is 0 Å². The van der Waals surface area contributed by atoms with Crippen molar-refractivity contribution in [1.82, 2.24) is 0 Å². The average Bonchev–Trinajstić information content (AvgIpc) is 2.69. The zero-order valence-corrected chi connectivity index (χ0v) is 11.4. The zero-order valence-electron chi connectivity index (χ0n) is 10.4. The summed E-state index contributed by atoms with van der Waals surface area (Å²) in [5.74, 6) is 1.82. The highest BCUT2D eigenvalue weighted by Crippen LogP contribution is 2.63. The molecule has 0 unspecified atom stereocenters. The van der Waals surface area contributed by atoms with E-state index in [1.807, 2.05) is 0 Å². The molecule has 0 spiro atoms. The largest absolute Gasteiger partial charge is 0.412 e. The van der Waals surface area contributed by atoms with Crippen LogP contribution in [0.2, 0.25) is 19.6 Å². The van der Waals surface area contributed by atoms with Crippen molar-refractivity contribution in [2.75, 3.05) is 0 Å². The number of hydrogen-bond acceptors (Lipinski definition) is 1. The molecule has 0 amide bonds. The fourth-order valence-electron chi connectivity index (χ4n) is 3.28. The molecule has 0 aromatic carbocycles. The summed E-state index contributed by atoms with van der Waals surface area (Å²) < 4.78 is 6.38. The Balaban J connectivity index is 1.88. The second-order valence-corrected chi connectivity index (χ2v) is 10.7. The normalized spacial score (nSPS) is 38.9. The van der Waals surface area contributed by atoms with E-state index in [1.54, 1.807) is 0 Å². The number of hydrogen-bond donors (Lipinski definition) is 0. The molecule has 2 saturated carbocycles. The van der Waals surface area contributed by atoms with Crippen LogP contribution in [0.25, 0.3) is 0 Å². The van der Waals surface area contributed by atoms with E-state index in [4.69, 9.17) is 4.43 Å². The van der Waals surface area contributed by atoms with Gasteiger partial charge in [0.2, 0.25) is 0 Å². The molecule has 0 aromatic rings. The molecule has 2 aliphatic carbocycles. The minimum Gasteiger partial charge on any atom is -0.412 e. The molecule has 2 heteroatoms. The van der Waals surface area contributed by atoms with E-state index in [1.165, 1.54) is 32.1 Å². The molecule has 2 aliphatic rings. The Labute approximate surface area is 95.0 Å². The van der Waals surface area contributed by atoms with Gasteiger partial charge in [-0.05, 0) is 63.6 Å². The molecule has 3 atom stereocenters. The van der Waals surface area contributed by atoms with Gasteiger partial charge in [0.05, 0.1) is 5.60 Å². The van der Waals surface area contributed by atoms with Crippen LogP contribution in [-0.2, 0) is 4.43 Å². The zero-order chi connectivity index (χ0) is 11.1. The first-order valence-electron chi connectivity index (χ1n) is 6.28. The van der Waals surface area contributed by atoms with Gasteiger partial charge in [-0.2, -0.15) is 0 Å². The lowest BCUT2D eigenvalue weighted by Crippen LogP contribution is -2.33. The Morgan fingerprint density at radius 2 is 2.20 bits per heavy atom. The van der Waals surface area contributed by atoms with E-state index in [2.05, 4.69) is 32.3 Å². The van der Waals surface area contributed by atoms with Crippen LogP contribution in [0, 0.1) is 11.8 Å². The molecule has 1 nitrogen and oxygen atoms in total. The van der Waals surface area contributed by atoms with Gasteiger partial charge >= 0.3 is 0 Å². The maximum absolute atomic E-state index is 6.38. The van der Waals surface area contributed by atoms with Crippen LogP contribution in [0.3, 0.4) is 0 Å². The van der Waals surface area contributed by atoms with Gasteiger partial charge in [-0.25, -0.2) is 0 Å². The fraction of sp³-hybridized carbons (Fsp3) is 0.846. The van der Waals surface area contributed by atoms with Crippen LogP contribution in [-0.4, -0.2) is 13.9 Å². The minimum atomic E-state index is -1.33. The van der Waals surface area contributed by atoms with Crippen molar-refractivity contribution in [2.24, 2.45) is 11.8 Å². The summed E-state index contributed by atoms with van der Waals surface area (Å²) in [4.78, 5) is 0. The molecular formula is C13H24OSi. The fourth-order valence-corrected chi connectivity index (χ4v) is 4.84. The van der Waals surface area contributed by atoms with Gasteiger partial charge < -0.3 is 4.43 Å². The maximum Gasteiger partial charge on any atom is 0.184 e. The summed E-state index contributed by atoms with van der Waals surface area (Å²) in [6.45, 7) is 10.8. The molecular weight excluding hydrogens is 200 g/mol. The first-order valence-corrected chi connectivity index (χ1v) is 9.69. The summed E-state index contributed by atoms with van der Waals surface area (Å²) in [6.07, 6.45) is 8.64.